The van der Waals surface area contributed by atoms with Crippen molar-refractivity contribution in [2.45, 2.75) is 51.6 Å². The molecule has 0 bridgehead atoms. The number of nitrogens with one attached hydrogen (secondary N) is 2. The van der Waals surface area contributed by atoms with Gasteiger partial charge in [-0.05, 0) is 50.8 Å². The van der Waals surface area contributed by atoms with Gasteiger partial charge in [0.2, 0.25) is 5.91 Å². The van der Waals surface area contributed by atoms with Crippen LogP contribution < -0.4 is 10.6 Å². The zero-order chi connectivity index (χ0) is 15.2. The van der Waals surface area contributed by atoms with Gasteiger partial charge in [0.15, 0.2) is 0 Å². The fraction of sp³-hybridized carbons (Fsp3) is 0.588. The molecule has 116 valence electrons. The summed E-state index contributed by atoms with van der Waals surface area (Å²) >= 11 is 0. The van der Waals surface area contributed by atoms with Gasteiger partial charge in [-0.15, -0.1) is 0 Å². The van der Waals surface area contributed by atoms with Gasteiger partial charge < -0.3 is 10.6 Å². The minimum absolute atomic E-state index is 0.0758. The van der Waals surface area contributed by atoms with Crippen LogP contribution in [0.5, 0.6) is 0 Å². The number of hydrogen-bond acceptors (Lipinski definition) is 2. The summed E-state index contributed by atoms with van der Waals surface area (Å²) in [5.41, 5.74) is 0.685. The first-order valence-electron chi connectivity index (χ1n) is 7.85. The van der Waals surface area contributed by atoms with Crippen LogP contribution in [0.4, 0.5) is 4.39 Å². The van der Waals surface area contributed by atoms with Crippen molar-refractivity contribution in [2.75, 3.05) is 6.54 Å². The summed E-state index contributed by atoms with van der Waals surface area (Å²) < 4.78 is 13.6. The third-order valence-electron chi connectivity index (χ3n) is 4.34. The van der Waals surface area contributed by atoms with Crippen LogP contribution in [0.15, 0.2) is 24.3 Å². The van der Waals surface area contributed by atoms with Crippen LogP contribution in [0, 0.1) is 11.7 Å². The van der Waals surface area contributed by atoms with Crippen molar-refractivity contribution in [1.29, 1.82) is 0 Å². The van der Waals surface area contributed by atoms with Crippen molar-refractivity contribution < 1.29 is 9.18 Å². The molecule has 1 aliphatic heterocycles. The number of amides is 1. The molecule has 3 nitrogen and oxygen atoms in total. The summed E-state index contributed by atoms with van der Waals surface area (Å²) in [6.45, 7) is 5.04. The third kappa shape index (κ3) is 4.53. The number of piperidine rings is 1. The number of carbonyl (C=O) groups excluding carboxylic acids is 1. The van der Waals surface area contributed by atoms with Gasteiger partial charge in [-0.3, -0.25) is 4.79 Å². The molecule has 1 amide bonds. The minimum Gasteiger partial charge on any atom is -0.352 e. The zero-order valence-electron chi connectivity index (χ0n) is 12.9. The Balaban J connectivity index is 1.81. The summed E-state index contributed by atoms with van der Waals surface area (Å²) in [6.07, 6.45) is 3.39. The van der Waals surface area contributed by atoms with E-state index < -0.39 is 0 Å². The van der Waals surface area contributed by atoms with E-state index in [0.717, 1.165) is 19.4 Å². The van der Waals surface area contributed by atoms with Gasteiger partial charge in [0.1, 0.15) is 5.82 Å². The third-order valence-corrected chi connectivity index (χ3v) is 4.34. The van der Waals surface area contributed by atoms with E-state index in [9.17, 15) is 9.18 Å². The molecule has 0 spiro atoms. The molecule has 1 saturated heterocycles. The molecule has 4 heteroatoms. The van der Waals surface area contributed by atoms with Gasteiger partial charge in [0.05, 0.1) is 0 Å². The van der Waals surface area contributed by atoms with E-state index in [-0.39, 0.29) is 23.7 Å². The lowest BCUT2D eigenvalue weighted by atomic mass is 9.96. The molecule has 0 saturated carbocycles. The van der Waals surface area contributed by atoms with Crippen LogP contribution in [0.25, 0.3) is 0 Å². The average Bonchev–Trinajstić information content (AvgIpc) is 2.48. The lowest BCUT2D eigenvalue weighted by molar-refractivity contribution is -0.125. The molecule has 0 aliphatic carbocycles. The van der Waals surface area contributed by atoms with Crippen LogP contribution in [-0.2, 0) is 11.2 Å². The molecular formula is C17H25FN2O. The van der Waals surface area contributed by atoms with E-state index in [1.54, 1.807) is 12.1 Å². The van der Waals surface area contributed by atoms with E-state index in [4.69, 9.17) is 0 Å². The Morgan fingerprint density at radius 2 is 2.24 bits per heavy atom. The Bertz CT molecular complexity index is 478. The molecule has 2 N–H and O–H groups in total. The second-order valence-electron chi connectivity index (χ2n) is 6.03. The van der Waals surface area contributed by atoms with Gasteiger partial charge >= 0.3 is 0 Å². The summed E-state index contributed by atoms with van der Waals surface area (Å²) in [5, 5.41) is 6.50. The summed E-state index contributed by atoms with van der Waals surface area (Å²) in [5.74, 6) is -0.208. The van der Waals surface area contributed by atoms with E-state index in [1.165, 1.54) is 6.07 Å². The summed E-state index contributed by atoms with van der Waals surface area (Å²) in [4.78, 5) is 12.2. The second kappa shape index (κ2) is 7.55. The number of aryl methyl sites for hydroxylation is 1. The fourth-order valence-electron chi connectivity index (χ4n) is 2.77. The van der Waals surface area contributed by atoms with E-state index in [0.29, 0.717) is 24.4 Å². The highest BCUT2D eigenvalue weighted by atomic mass is 19.1. The van der Waals surface area contributed by atoms with Crippen LogP contribution in [0.1, 0.15) is 38.7 Å². The molecule has 1 aromatic carbocycles. The lowest BCUT2D eigenvalue weighted by Gasteiger charge is -2.31. The Labute approximate surface area is 126 Å². The summed E-state index contributed by atoms with van der Waals surface area (Å²) in [7, 11) is 0. The molecule has 2 rings (SSSR count). The molecule has 1 aliphatic rings. The van der Waals surface area contributed by atoms with E-state index >= 15 is 0 Å². The Morgan fingerprint density at radius 3 is 2.95 bits per heavy atom. The van der Waals surface area contributed by atoms with Crippen molar-refractivity contribution in [3.8, 4) is 0 Å². The average molecular weight is 292 g/mol. The molecule has 3 unspecified atom stereocenters. The number of rotatable bonds is 5. The maximum absolute atomic E-state index is 13.6. The quantitative estimate of drug-likeness (QED) is 0.876. The van der Waals surface area contributed by atoms with Gasteiger partial charge in [-0.2, -0.15) is 0 Å². The van der Waals surface area contributed by atoms with Crippen molar-refractivity contribution in [3.05, 3.63) is 35.6 Å². The highest BCUT2D eigenvalue weighted by Gasteiger charge is 2.24. The predicted octanol–water partition coefficient (Wildman–Crippen LogP) is 2.65. The second-order valence-corrected chi connectivity index (χ2v) is 6.03. The molecule has 0 aromatic heterocycles. The van der Waals surface area contributed by atoms with Crippen LogP contribution in [0.3, 0.4) is 0 Å². The predicted molar refractivity (Wildman–Crippen MR) is 82.5 cm³/mol. The number of halogens is 1. The maximum atomic E-state index is 13.6. The van der Waals surface area contributed by atoms with Gasteiger partial charge in [-0.1, -0.05) is 25.1 Å². The molecule has 0 radical (unpaired) electrons. The Hall–Kier alpha value is -1.42. The van der Waals surface area contributed by atoms with Crippen molar-refractivity contribution in [3.63, 3.8) is 0 Å². The van der Waals surface area contributed by atoms with Gasteiger partial charge in [0.25, 0.3) is 0 Å². The maximum Gasteiger partial charge on any atom is 0.223 e. The Morgan fingerprint density at radius 1 is 1.48 bits per heavy atom. The zero-order valence-corrected chi connectivity index (χ0v) is 12.9. The summed E-state index contributed by atoms with van der Waals surface area (Å²) in [6, 6.07) is 7.30. The largest absolute Gasteiger partial charge is 0.352 e. The number of carbonyl (C=O) groups is 1. The molecule has 3 atom stereocenters. The number of hydrogen-bond donors (Lipinski definition) is 2. The van der Waals surface area contributed by atoms with Crippen LogP contribution in [-0.4, -0.2) is 24.5 Å². The Kier molecular flexibility index (Phi) is 5.74. The molecular weight excluding hydrogens is 267 g/mol. The lowest BCUT2D eigenvalue weighted by Crippen LogP contribution is -2.52. The standard InChI is InChI=1S/C17H25FN2O/c1-12(9-10-14-6-3-4-7-15(14)18)17(21)20-16-8-5-11-19-13(16)2/h3-4,6-7,12-13,16,19H,5,8-11H2,1-2H3,(H,20,21). The fourth-order valence-corrected chi connectivity index (χ4v) is 2.77. The first-order chi connectivity index (χ1) is 10.1. The van der Waals surface area contributed by atoms with Crippen molar-refractivity contribution in [1.82, 2.24) is 10.6 Å². The van der Waals surface area contributed by atoms with Crippen LogP contribution in [0.2, 0.25) is 0 Å². The minimum atomic E-state index is -0.185. The first-order valence-corrected chi connectivity index (χ1v) is 7.85. The SMILES string of the molecule is CC(CCc1ccccc1F)C(=O)NC1CCCNC1C. The topological polar surface area (TPSA) is 41.1 Å². The van der Waals surface area contributed by atoms with Crippen LogP contribution >= 0.6 is 0 Å². The smallest absolute Gasteiger partial charge is 0.223 e. The highest BCUT2D eigenvalue weighted by Crippen LogP contribution is 2.14. The monoisotopic (exact) mass is 292 g/mol. The van der Waals surface area contributed by atoms with E-state index in [1.807, 2.05) is 13.0 Å². The first kappa shape index (κ1) is 16.0. The van der Waals surface area contributed by atoms with E-state index in [2.05, 4.69) is 17.6 Å². The molecule has 21 heavy (non-hydrogen) atoms. The molecule has 1 heterocycles. The van der Waals surface area contributed by atoms with Crippen molar-refractivity contribution in [2.24, 2.45) is 5.92 Å². The van der Waals surface area contributed by atoms with Crippen molar-refractivity contribution >= 4 is 5.91 Å². The molecule has 1 fully saturated rings. The normalized spacial score (nSPS) is 23.6. The van der Waals surface area contributed by atoms with Gasteiger partial charge in [0, 0.05) is 18.0 Å². The number of benzene rings is 1. The molecule has 1 aromatic rings. The van der Waals surface area contributed by atoms with Gasteiger partial charge in [-0.25, -0.2) is 4.39 Å². The highest BCUT2D eigenvalue weighted by molar-refractivity contribution is 5.78.